The van der Waals surface area contributed by atoms with Crippen molar-refractivity contribution in [2.45, 2.75) is 12.8 Å². The molecule has 0 spiro atoms. The first-order chi connectivity index (χ1) is 9.72. The molecular weight excluding hydrogens is 260 g/mol. The number of aromatic nitrogens is 1. The summed E-state index contributed by atoms with van der Waals surface area (Å²) in [5.74, 6) is 0.563. The van der Waals surface area contributed by atoms with Crippen molar-refractivity contribution in [3.05, 3.63) is 28.3 Å². The van der Waals surface area contributed by atoms with Crippen molar-refractivity contribution >= 4 is 22.8 Å². The van der Waals surface area contributed by atoms with E-state index < -0.39 is 4.92 Å². The number of non-ortho nitro benzene ring substituents is 1. The summed E-state index contributed by atoms with van der Waals surface area (Å²) in [6, 6.07) is 4.84. The second kappa shape index (κ2) is 5.46. The van der Waals surface area contributed by atoms with Gasteiger partial charge >= 0.3 is 0 Å². The highest BCUT2D eigenvalue weighted by Gasteiger charge is 2.15. The third-order valence-corrected chi connectivity index (χ3v) is 3.52. The SMILES string of the molecule is O=[N+]([O-])c1ccc2oc(NCC3CCCNC3)nc2c1. The molecule has 0 amide bonds. The lowest BCUT2D eigenvalue weighted by molar-refractivity contribution is -0.384. The first-order valence-electron chi connectivity index (χ1n) is 6.72. The van der Waals surface area contributed by atoms with Crippen LogP contribution in [0.4, 0.5) is 11.7 Å². The average Bonchev–Trinajstić information content (AvgIpc) is 2.88. The Balaban J connectivity index is 1.70. The van der Waals surface area contributed by atoms with E-state index in [1.165, 1.54) is 25.0 Å². The molecule has 1 fully saturated rings. The van der Waals surface area contributed by atoms with Gasteiger partial charge in [-0.05, 0) is 37.9 Å². The van der Waals surface area contributed by atoms with Crippen LogP contribution in [-0.2, 0) is 0 Å². The van der Waals surface area contributed by atoms with Crippen molar-refractivity contribution in [3.8, 4) is 0 Å². The van der Waals surface area contributed by atoms with E-state index >= 15 is 0 Å². The van der Waals surface area contributed by atoms with E-state index in [2.05, 4.69) is 15.6 Å². The highest BCUT2D eigenvalue weighted by atomic mass is 16.6. The Morgan fingerprint density at radius 2 is 2.45 bits per heavy atom. The second-order valence-electron chi connectivity index (χ2n) is 5.02. The minimum atomic E-state index is -0.436. The topological polar surface area (TPSA) is 93.2 Å². The lowest BCUT2D eigenvalue weighted by Gasteiger charge is -2.22. The lowest BCUT2D eigenvalue weighted by Crippen LogP contribution is -2.33. The molecule has 0 saturated carbocycles. The molecule has 1 aromatic heterocycles. The van der Waals surface area contributed by atoms with Gasteiger partial charge in [0.2, 0.25) is 0 Å². The zero-order chi connectivity index (χ0) is 13.9. The van der Waals surface area contributed by atoms with Gasteiger partial charge < -0.3 is 15.1 Å². The van der Waals surface area contributed by atoms with Gasteiger partial charge in [0.15, 0.2) is 5.58 Å². The zero-order valence-electron chi connectivity index (χ0n) is 11.0. The molecule has 3 rings (SSSR count). The van der Waals surface area contributed by atoms with Crippen LogP contribution in [0, 0.1) is 16.0 Å². The first kappa shape index (κ1) is 12.9. The molecule has 2 aromatic rings. The van der Waals surface area contributed by atoms with Crippen molar-refractivity contribution in [1.29, 1.82) is 0 Å². The number of nitrogens with one attached hydrogen (secondary N) is 2. The average molecular weight is 276 g/mol. The molecule has 20 heavy (non-hydrogen) atoms. The highest BCUT2D eigenvalue weighted by Crippen LogP contribution is 2.23. The van der Waals surface area contributed by atoms with Gasteiger partial charge in [-0.3, -0.25) is 10.1 Å². The molecule has 1 unspecified atom stereocenters. The summed E-state index contributed by atoms with van der Waals surface area (Å²) in [7, 11) is 0. The van der Waals surface area contributed by atoms with Gasteiger partial charge in [-0.25, -0.2) is 0 Å². The monoisotopic (exact) mass is 276 g/mol. The molecule has 1 aromatic carbocycles. The molecule has 1 aliphatic rings. The van der Waals surface area contributed by atoms with Crippen LogP contribution in [0.1, 0.15) is 12.8 Å². The Labute approximate surface area is 115 Å². The number of oxazole rings is 1. The molecule has 0 radical (unpaired) electrons. The second-order valence-corrected chi connectivity index (χ2v) is 5.02. The Hall–Kier alpha value is -2.15. The van der Waals surface area contributed by atoms with Crippen LogP contribution in [0.15, 0.2) is 22.6 Å². The number of fused-ring (bicyclic) bond motifs is 1. The quantitative estimate of drug-likeness (QED) is 0.656. The number of hydrogen-bond donors (Lipinski definition) is 2. The van der Waals surface area contributed by atoms with Gasteiger partial charge in [-0.15, -0.1) is 0 Å². The van der Waals surface area contributed by atoms with Crippen LogP contribution in [-0.4, -0.2) is 29.5 Å². The summed E-state index contributed by atoms with van der Waals surface area (Å²) in [5, 5.41) is 17.2. The normalized spacial score (nSPS) is 19.1. The number of rotatable bonds is 4. The van der Waals surface area contributed by atoms with E-state index in [0.717, 1.165) is 19.6 Å². The van der Waals surface area contributed by atoms with Crippen LogP contribution in [0.2, 0.25) is 0 Å². The van der Waals surface area contributed by atoms with Crippen molar-refractivity contribution < 1.29 is 9.34 Å². The van der Waals surface area contributed by atoms with E-state index in [1.54, 1.807) is 6.07 Å². The van der Waals surface area contributed by atoms with Gasteiger partial charge in [0, 0.05) is 18.7 Å². The van der Waals surface area contributed by atoms with Crippen LogP contribution in [0.3, 0.4) is 0 Å². The number of nitro benzene ring substituents is 1. The Kier molecular flexibility index (Phi) is 3.51. The van der Waals surface area contributed by atoms with Gasteiger partial charge in [-0.2, -0.15) is 4.98 Å². The summed E-state index contributed by atoms with van der Waals surface area (Å²) >= 11 is 0. The minimum absolute atomic E-state index is 0.0221. The minimum Gasteiger partial charge on any atom is -0.424 e. The molecule has 0 bridgehead atoms. The predicted octanol–water partition coefficient (Wildman–Crippen LogP) is 2.15. The number of anilines is 1. The largest absolute Gasteiger partial charge is 0.424 e. The number of piperidine rings is 1. The molecule has 1 atom stereocenters. The maximum atomic E-state index is 10.7. The summed E-state index contributed by atoms with van der Waals surface area (Å²) in [5.41, 5.74) is 1.08. The van der Waals surface area contributed by atoms with Crippen LogP contribution < -0.4 is 10.6 Å². The Morgan fingerprint density at radius 1 is 1.55 bits per heavy atom. The van der Waals surface area contributed by atoms with Crippen LogP contribution >= 0.6 is 0 Å². The number of benzene rings is 1. The zero-order valence-corrected chi connectivity index (χ0v) is 11.0. The fourth-order valence-electron chi connectivity index (χ4n) is 2.43. The van der Waals surface area contributed by atoms with Gasteiger partial charge in [0.1, 0.15) is 5.52 Å². The van der Waals surface area contributed by atoms with E-state index in [1.807, 2.05) is 0 Å². The van der Waals surface area contributed by atoms with Crippen molar-refractivity contribution in [2.24, 2.45) is 5.92 Å². The van der Waals surface area contributed by atoms with Gasteiger partial charge in [0.05, 0.1) is 4.92 Å². The third kappa shape index (κ3) is 2.72. The molecule has 1 saturated heterocycles. The van der Waals surface area contributed by atoms with Crippen LogP contribution in [0.5, 0.6) is 0 Å². The summed E-state index contributed by atoms with van der Waals surface area (Å²) < 4.78 is 5.53. The van der Waals surface area contributed by atoms with Crippen molar-refractivity contribution in [2.75, 3.05) is 25.0 Å². The molecule has 1 aliphatic heterocycles. The molecule has 106 valence electrons. The van der Waals surface area contributed by atoms with E-state index in [4.69, 9.17) is 4.42 Å². The highest BCUT2D eigenvalue weighted by molar-refractivity contribution is 5.77. The Morgan fingerprint density at radius 3 is 3.20 bits per heavy atom. The number of nitrogens with zero attached hydrogens (tertiary/aromatic N) is 2. The maximum Gasteiger partial charge on any atom is 0.295 e. The van der Waals surface area contributed by atoms with E-state index in [9.17, 15) is 10.1 Å². The van der Waals surface area contributed by atoms with Gasteiger partial charge in [0.25, 0.3) is 11.7 Å². The van der Waals surface area contributed by atoms with E-state index in [0.29, 0.717) is 23.0 Å². The van der Waals surface area contributed by atoms with Crippen molar-refractivity contribution in [3.63, 3.8) is 0 Å². The predicted molar refractivity (Wildman–Crippen MR) is 74.7 cm³/mol. The van der Waals surface area contributed by atoms with Gasteiger partial charge in [-0.1, -0.05) is 0 Å². The fraction of sp³-hybridized carbons (Fsp3) is 0.462. The molecular formula is C13H16N4O3. The van der Waals surface area contributed by atoms with E-state index in [-0.39, 0.29) is 5.69 Å². The molecule has 7 heteroatoms. The maximum absolute atomic E-state index is 10.7. The summed E-state index contributed by atoms with van der Waals surface area (Å²) in [6.07, 6.45) is 2.37. The lowest BCUT2D eigenvalue weighted by atomic mass is 10.00. The third-order valence-electron chi connectivity index (χ3n) is 3.52. The van der Waals surface area contributed by atoms with Crippen molar-refractivity contribution in [1.82, 2.24) is 10.3 Å². The molecule has 2 N–H and O–H groups in total. The molecule has 7 nitrogen and oxygen atoms in total. The molecule has 0 aliphatic carbocycles. The number of nitro groups is 1. The first-order valence-corrected chi connectivity index (χ1v) is 6.72. The number of hydrogen-bond acceptors (Lipinski definition) is 6. The summed E-state index contributed by atoms with van der Waals surface area (Å²) in [4.78, 5) is 14.5. The standard InChI is InChI=1S/C13H16N4O3/c18-17(19)10-3-4-12-11(6-10)16-13(20-12)15-8-9-2-1-5-14-7-9/h3-4,6,9,14H,1-2,5,7-8H2,(H,15,16). The fourth-order valence-corrected chi connectivity index (χ4v) is 2.43. The summed E-state index contributed by atoms with van der Waals surface area (Å²) in [6.45, 7) is 2.88. The molecule has 2 heterocycles. The smallest absolute Gasteiger partial charge is 0.295 e. The Bertz CT molecular complexity index is 619. The van der Waals surface area contributed by atoms with Crippen LogP contribution in [0.25, 0.3) is 11.1 Å².